The Bertz CT molecular complexity index is 613. The van der Waals surface area contributed by atoms with Crippen LogP contribution in [0.15, 0.2) is 54.6 Å². The normalized spacial score (nSPS) is 16.6. The van der Waals surface area contributed by atoms with Crippen LogP contribution in [0.5, 0.6) is 0 Å². The SMILES string of the molecule is C[C@H](N)[C@@H](O)c1ccc(CN(C)[C@H](C)[C@@H](O)c2ccccc2)cc1. The summed E-state index contributed by atoms with van der Waals surface area (Å²) in [6, 6.07) is 17.2. The lowest BCUT2D eigenvalue weighted by molar-refractivity contribution is 0.0688. The van der Waals surface area contributed by atoms with Crippen LogP contribution in [-0.4, -0.2) is 34.2 Å². The van der Waals surface area contributed by atoms with E-state index in [9.17, 15) is 10.2 Å². The van der Waals surface area contributed by atoms with E-state index in [1.165, 1.54) is 0 Å². The van der Waals surface area contributed by atoms with Crippen LogP contribution in [0.4, 0.5) is 0 Å². The van der Waals surface area contributed by atoms with E-state index in [1.54, 1.807) is 6.92 Å². The zero-order valence-electron chi connectivity index (χ0n) is 14.6. The highest BCUT2D eigenvalue weighted by Gasteiger charge is 2.20. The lowest BCUT2D eigenvalue weighted by Crippen LogP contribution is -2.34. The number of rotatable bonds is 7. The van der Waals surface area contributed by atoms with Crippen LogP contribution < -0.4 is 5.73 Å². The topological polar surface area (TPSA) is 69.7 Å². The van der Waals surface area contributed by atoms with Crippen molar-refractivity contribution in [2.75, 3.05) is 7.05 Å². The first-order valence-electron chi connectivity index (χ1n) is 8.36. The van der Waals surface area contributed by atoms with Gasteiger partial charge in [0.15, 0.2) is 0 Å². The summed E-state index contributed by atoms with van der Waals surface area (Å²) in [7, 11) is 2.00. The smallest absolute Gasteiger partial charge is 0.0942 e. The zero-order chi connectivity index (χ0) is 17.7. The Kier molecular flexibility index (Phi) is 6.52. The first-order chi connectivity index (χ1) is 11.4. The van der Waals surface area contributed by atoms with Crippen molar-refractivity contribution in [3.05, 3.63) is 71.3 Å². The van der Waals surface area contributed by atoms with Gasteiger partial charge < -0.3 is 15.9 Å². The molecular weight excluding hydrogens is 300 g/mol. The minimum atomic E-state index is -0.643. The van der Waals surface area contributed by atoms with Gasteiger partial charge in [0, 0.05) is 18.6 Å². The van der Waals surface area contributed by atoms with Gasteiger partial charge in [0.05, 0.1) is 12.2 Å². The van der Waals surface area contributed by atoms with Crippen LogP contribution >= 0.6 is 0 Å². The second-order valence-corrected chi connectivity index (χ2v) is 6.56. The molecule has 2 rings (SSSR count). The van der Waals surface area contributed by atoms with Gasteiger partial charge in [0.2, 0.25) is 0 Å². The molecule has 0 amide bonds. The fraction of sp³-hybridized carbons (Fsp3) is 0.400. The number of nitrogens with two attached hydrogens (primary N) is 1. The number of nitrogens with zero attached hydrogens (tertiary/aromatic N) is 1. The summed E-state index contributed by atoms with van der Waals surface area (Å²) in [5, 5.41) is 20.5. The molecule has 4 nitrogen and oxygen atoms in total. The van der Waals surface area contributed by atoms with Gasteiger partial charge in [-0.2, -0.15) is 0 Å². The molecule has 0 aliphatic carbocycles. The molecule has 0 heterocycles. The molecule has 0 bridgehead atoms. The van der Waals surface area contributed by atoms with E-state index in [0.29, 0.717) is 0 Å². The molecule has 0 aliphatic heterocycles. The molecule has 0 saturated heterocycles. The summed E-state index contributed by atoms with van der Waals surface area (Å²) in [6.07, 6.45) is -1.18. The molecule has 0 unspecified atom stereocenters. The average Bonchev–Trinajstić information content (AvgIpc) is 2.61. The molecule has 0 radical (unpaired) electrons. The predicted octanol–water partition coefficient (Wildman–Crippen LogP) is 2.62. The maximum absolute atomic E-state index is 10.5. The van der Waals surface area contributed by atoms with Crippen LogP contribution in [0.2, 0.25) is 0 Å². The Hall–Kier alpha value is -1.72. The summed E-state index contributed by atoms with van der Waals surface area (Å²) in [5.74, 6) is 0. The maximum atomic E-state index is 10.5. The second-order valence-electron chi connectivity index (χ2n) is 6.56. The molecule has 4 heteroatoms. The van der Waals surface area contributed by atoms with Crippen molar-refractivity contribution >= 4 is 0 Å². The second kappa shape index (κ2) is 8.40. The quantitative estimate of drug-likeness (QED) is 0.731. The minimum Gasteiger partial charge on any atom is -0.387 e. The van der Waals surface area contributed by atoms with Crippen LogP contribution in [0.3, 0.4) is 0 Å². The van der Waals surface area contributed by atoms with Gasteiger partial charge in [-0.05, 0) is 37.6 Å². The minimum absolute atomic E-state index is 0.0123. The zero-order valence-corrected chi connectivity index (χ0v) is 14.6. The molecule has 0 aromatic heterocycles. The Morgan fingerprint density at radius 3 is 1.96 bits per heavy atom. The van der Waals surface area contributed by atoms with Crippen molar-refractivity contribution in [1.82, 2.24) is 4.90 Å². The molecule has 4 N–H and O–H groups in total. The Morgan fingerprint density at radius 2 is 1.42 bits per heavy atom. The number of aliphatic hydroxyl groups is 2. The van der Waals surface area contributed by atoms with Gasteiger partial charge in [0.1, 0.15) is 0 Å². The molecule has 130 valence electrons. The van der Waals surface area contributed by atoms with E-state index in [2.05, 4.69) is 4.90 Å². The van der Waals surface area contributed by atoms with Crippen molar-refractivity contribution in [3.63, 3.8) is 0 Å². The largest absolute Gasteiger partial charge is 0.387 e. The number of hydrogen-bond donors (Lipinski definition) is 3. The number of hydrogen-bond acceptors (Lipinski definition) is 4. The number of likely N-dealkylation sites (N-methyl/N-ethyl adjacent to an activating group) is 1. The van der Waals surface area contributed by atoms with Gasteiger partial charge in [0.25, 0.3) is 0 Å². The van der Waals surface area contributed by atoms with Crippen LogP contribution in [0.25, 0.3) is 0 Å². The van der Waals surface area contributed by atoms with Gasteiger partial charge in [-0.15, -0.1) is 0 Å². The molecule has 0 fully saturated rings. The predicted molar refractivity (Wildman–Crippen MR) is 97.4 cm³/mol. The molecule has 2 aromatic carbocycles. The summed E-state index contributed by atoms with van der Waals surface area (Å²) < 4.78 is 0. The van der Waals surface area contributed by atoms with Crippen molar-refractivity contribution in [1.29, 1.82) is 0 Å². The van der Waals surface area contributed by atoms with E-state index >= 15 is 0 Å². The first-order valence-corrected chi connectivity index (χ1v) is 8.36. The van der Waals surface area contributed by atoms with Crippen molar-refractivity contribution in [3.8, 4) is 0 Å². The Morgan fingerprint density at radius 1 is 0.875 bits per heavy atom. The van der Waals surface area contributed by atoms with Gasteiger partial charge in [-0.25, -0.2) is 0 Å². The fourth-order valence-corrected chi connectivity index (χ4v) is 2.73. The highest BCUT2D eigenvalue weighted by molar-refractivity contribution is 5.25. The monoisotopic (exact) mass is 328 g/mol. The van der Waals surface area contributed by atoms with Crippen molar-refractivity contribution in [2.24, 2.45) is 5.73 Å². The van der Waals surface area contributed by atoms with Crippen LogP contribution in [-0.2, 0) is 6.54 Å². The van der Waals surface area contributed by atoms with Crippen molar-refractivity contribution in [2.45, 2.75) is 44.7 Å². The molecule has 0 saturated carbocycles. The Balaban J connectivity index is 2.00. The van der Waals surface area contributed by atoms with E-state index in [1.807, 2.05) is 68.6 Å². The third kappa shape index (κ3) is 4.65. The highest BCUT2D eigenvalue weighted by Crippen LogP contribution is 2.22. The van der Waals surface area contributed by atoms with E-state index in [0.717, 1.165) is 23.2 Å². The van der Waals surface area contributed by atoms with Gasteiger partial charge in [-0.3, -0.25) is 4.90 Å². The summed E-state index contributed by atoms with van der Waals surface area (Å²) in [6.45, 7) is 4.53. The van der Waals surface area contributed by atoms with Gasteiger partial charge >= 0.3 is 0 Å². The fourth-order valence-electron chi connectivity index (χ4n) is 2.73. The summed E-state index contributed by atoms with van der Waals surface area (Å²) >= 11 is 0. The highest BCUT2D eigenvalue weighted by atomic mass is 16.3. The first kappa shape index (κ1) is 18.6. The van der Waals surface area contributed by atoms with Crippen LogP contribution in [0.1, 0.15) is 42.7 Å². The number of benzene rings is 2. The molecule has 0 spiro atoms. The lowest BCUT2D eigenvalue weighted by atomic mass is 10.0. The molecule has 4 atom stereocenters. The molecular formula is C20H28N2O2. The summed E-state index contributed by atoms with van der Waals surface area (Å²) in [4.78, 5) is 2.12. The third-order valence-electron chi connectivity index (χ3n) is 4.54. The average molecular weight is 328 g/mol. The number of aliphatic hydroxyl groups excluding tert-OH is 2. The summed E-state index contributed by atoms with van der Waals surface area (Å²) in [5.41, 5.74) is 8.61. The standard InChI is InChI=1S/C20H28N2O2/c1-14(21)19(23)18-11-9-16(10-12-18)13-22(3)15(2)20(24)17-7-5-4-6-8-17/h4-12,14-15,19-20,23-24H,13,21H2,1-3H3/t14-,15+,19+,20+/m0/s1. The van der Waals surface area contributed by atoms with E-state index in [4.69, 9.17) is 5.73 Å². The lowest BCUT2D eigenvalue weighted by Gasteiger charge is -2.29. The van der Waals surface area contributed by atoms with E-state index in [-0.39, 0.29) is 12.1 Å². The van der Waals surface area contributed by atoms with Gasteiger partial charge in [-0.1, -0.05) is 54.6 Å². The molecule has 24 heavy (non-hydrogen) atoms. The van der Waals surface area contributed by atoms with E-state index < -0.39 is 12.2 Å². The molecule has 0 aliphatic rings. The van der Waals surface area contributed by atoms with Crippen molar-refractivity contribution < 1.29 is 10.2 Å². The molecule has 2 aromatic rings. The third-order valence-corrected chi connectivity index (χ3v) is 4.54. The Labute approximate surface area is 144 Å². The van der Waals surface area contributed by atoms with Crippen LogP contribution in [0, 0.1) is 0 Å². The maximum Gasteiger partial charge on any atom is 0.0942 e.